The van der Waals surface area contributed by atoms with Gasteiger partial charge in [-0.05, 0) is 24.7 Å². The van der Waals surface area contributed by atoms with E-state index in [1.54, 1.807) is 0 Å². The molecule has 0 unspecified atom stereocenters. The molecule has 0 aromatic rings. The van der Waals surface area contributed by atoms with Gasteiger partial charge in [-0.15, -0.1) is 0 Å². The van der Waals surface area contributed by atoms with Gasteiger partial charge in [-0.25, -0.2) is 0 Å². The Morgan fingerprint density at radius 1 is 1.29 bits per heavy atom. The highest BCUT2D eigenvalue weighted by Crippen LogP contribution is 2.54. The van der Waals surface area contributed by atoms with Gasteiger partial charge in [0.15, 0.2) is 0 Å². The number of rotatable bonds is 0. The van der Waals surface area contributed by atoms with Gasteiger partial charge < -0.3 is 5.11 Å². The fraction of sp³-hybridized carbons (Fsp3) is 0.917. The molecule has 0 amide bonds. The molecule has 0 heterocycles. The highest BCUT2D eigenvalue weighted by molar-refractivity contribution is 5.83. The number of carbonyl (C=O) groups excluding carboxylic acids is 1. The Bertz CT molecular complexity index is 261. The Kier molecular flexibility index (Phi) is 2.22. The minimum atomic E-state index is -0.708. The lowest BCUT2D eigenvalue weighted by atomic mass is 9.53. The molecule has 3 atom stereocenters. The van der Waals surface area contributed by atoms with Crippen molar-refractivity contribution in [2.75, 3.05) is 0 Å². The van der Waals surface area contributed by atoms with Gasteiger partial charge in [-0.1, -0.05) is 26.7 Å². The molecule has 2 aliphatic carbocycles. The van der Waals surface area contributed by atoms with Crippen LogP contribution in [0.1, 0.15) is 52.4 Å². The van der Waals surface area contributed by atoms with Crippen molar-refractivity contribution in [3.05, 3.63) is 0 Å². The Hall–Kier alpha value is -0.370. The van der Waals surface area contributed by atoms with Crippen LogP contribution in [0.4, 0.5) is 0 Å². The molecule has 0 aliphatic heterocycles. The molecule has 0 saturated heterocycles. The van der Waals surface area contributed by atoms with Crippen molar-refractivity contribution in [3.63, 3.8) is 0 Å². The molecular formula is C12H20O2. The van der Waals surface area contributed by atoms with Crippen molar-refractivity contribution in [2.24, 2.45) is 11.3 Å². The van der Waals surface area contributed by atoms with Crippen molar-refractivity contribution in [3.8, 4) is 0 Å². The molecule has 0 bridgehead atoms. The van der Waals surface area contributed by atoms with E-state index in [-0.39, 0.29) is 17.1 Å². The zero-order chi connectivity index (χ0) is 10.4. The number of aliphatic hydroxyl groups is 1. The summed E-state index contributed by atoms with van der Waals surface area (Å²) in [6, 6.07) is 0. The Balaban J connectivity index is 2.34. The second-order valence-electron chi connectivity index (χ2n) is 5.38. The van der Waals surface area contributed by atoms with Crippen LogP contribution in [-0.4, -0.2) is 16.5 Å². The first-order valence-corrected chi connectivity index (χ1v) is 5.75. The van der Waals surface area contributed by atoms with Crippen molar-refractivity contribution in [2.45, 2.75) is 58.0 Å². The minimum Gasteiger partial charge on any atom is -0.389 e. The van der Waals surface area contributed by atoms with E-state index in [1.165, 1.54) is 6.42 Å². The number of ketones is 1. The van der Waals surface area contributed by atoms with Gasteiger partial charge in [-0.2, -0.15) is 0 Å². The monoisotopic (exact) mass is 196 g/mol. The summed E-state index contributed by atoms with van der Waals surface area (Å²) in [5.74, 6) is 0.105. The molecule has 2 rings (SSSR count). The lowest BCUT2D eigenvalue weighted by Crippen LogP contribution is -2.58. The van der Waals surface area contributed by atoms with Gasteiger partial charge in [0.05, 0.1) is 5.60 Å². The maximum absolute atomic E-state index is 11.6. The van der Waals surface area contributed by atoms with Gasteiger partial charge in [0.2, 0.25) is 0 Å². The molecule has 0 radical (unpaired) electrons. The van der Waals surface area contributed by atoms with Gasteiger partial charge in [0, 0.05) is 12.3 Å². The van der Waals surface area contributed by atoms with E-state index >= 15 is 0 Å². The molecule has 0 spiro atoms. The molecule has 0 aromatic carbocycles. The highest BCUT2D eigenvalue weighted by atomic mass is 16.3. The van der Waals surface area contributed by atoms with E-state index in [0.717, 1.165) is 25.7 Å². The standard InChI is InChI=1S/C12H20O2/c1-9-10(13)5-8-11(2)6-3-4-7-12(9,11)14/h9,14H,3-8H2,1-2H3/t9-,11+,12+/m0/s1. The highest BCUT2D eigenvalue weighted by Gasteiger charge is 2.55. The summed E-state index contributed by atoms with van der Waals surface area (Å²) in [6.07, 6.45) is 5.73. The number of carbonyl (C=O) groups is 1. The van der Waals surface area contributed by atoms with Crippen LogP contribution in [0, 0.1) is 11.3 Å². The lowest BCUT2D eigenvalue weighted by Gasteiger charge is -2.54. The number of hydrogen-bond acceptors (Lipinski definition) is 2. The molecule has 80 valence electrons. The van der Waals surface area contributed by atoms with Crippen LogP contribution in [0.2, 0.25) is 0 Å². The third-order valence-electron chi connectivity index (χ3n) is 4.70. The Labute approximate surface area is 85.7 Å². The molecule has 2 saturated carbocycles. The minimum absolute atomic E-state index is 0.00141. The molecular weight excluding hydrogens is 176 g/mol. The van der Waals surface area contributed by atoms with Crippen molar-refractivity contribution < 1.29 is 9.90 Å². The molecule has 2 aliphatic rings. The average Bonchev–Trinajstić information content (AvgIpc) is 2.16. The summed E-state index contributed by atoms with van der Waals surface area (Å²) in [5, 5.41) is 10.7. The van der Waals surface area contributed by atoms with Gasteiger partial charge in [-0.3, -0.25) is 4.79 Å². The fourth-order valence-electron chi connectivity index (χ4n) is 3.39. The lowest BCUT2D eigenvalue weighted by molar-refractivity contribution is -0.175. The average molecular weight is 196 g/mol. The van der Waals surface area contributed by atoms with E-state index in [0.29, 0.717) is 6.42 Å². The summed E-state index contributed by atoms with van der Waals surface area (Å²) in [7, 11) is 0. The van der Waals surface area contributed by atoms with Crippen LogP contribution >= 0.6 is 0 Å². The van der Waals surface area contributed by atoms with E-state index in [4.69, 9.17) is 0 Å². The first-order valence-electron chi connectivity index (χ1n) is 5.75. The zero-order valence-corrected chi connectivity index (χ0v) is 9.18. The smallest absolute Gasteiger partial charge is 0.138 e. The van der Waals surface area contributed by atoms with E-state index in [1.807, 2.05) is 6.92 Å². The molecule has 14 heavy (non-hydrogen) atoms. The fourth-order valence-corrected chi connectivity index (χ4v) is 3.39. The molecule has 0 aromatic heterocycles. The maximum atomic E-state index is 11.6. The van der Waals surface area contributed by atoms with Crippen LogP contribution in [0.25, 0.3) is 0 Å². The second-order valence-corrected chi connectivity index (χ2v) is 5.38. The van der Waals surface area contributed by atoms with E-state index < -0.39 is 5.60 Å². The SMILES string of the molecule is C[C@H]1C(=O)CC[C@@]2(C)CCCC[C@@]12O. The summed E-state index contributed by atoms with van der Waals surface area (Å²) in [6.45, 7) is 4.07. The molecule has 1 N–H and O–H groups in total. The first-order chi connectivity index (χ1) is 6.50. The summed E-state index contributed by atoms with van der Waals surface area (Å²) >= 11 is 0. The predicted octanol–water partition coefficient (Wildman–Crippen LogP) is 2.30. The zero-order valence-electron chi connectivity index (χ0n) is 9.18. The van der Waals surface area contributed by atoms with Crippen LogP contribution < -0.4 is 0 Å². The molecule has 2 fully saturated rings. The maximum Gasteiger partial charge on any atom is 0.138 e. The third kappa shape index (κ3) is 1.16. The topological polar surface area (TPSA) is 37.3 Å². The summed E-state index contributed by atoms with van der Waals surface area (Å²) < 4.78 is 0. The predicted molar refractivity (Wildman–Crippen MR) is 54.9 cm³/mol. The van der Waals surface area contributed by atoms with Gasteiger partial charge in [0.25, 0.3) is 0 Å². The first kappa shape index (κ1) is 10.2. The van der Waals surface area contributed by atoms with Crippen LogP contribution in [0.3, 0.4) is 0 Å². The van der Waals surface area contributed by atoms with Crippen molar-refractivity contribution in [1.29, 1.82) is 0 Å². The Morgan fingerprint density at radius 2 is 1.93 bits per heavy atom. The van der Waals surface area contributed by atoms with Gasteiger partial charge >= 0.3 is 0 Å². The van der Waals surface area contributed by atoms with E-state index in [9.17, 15) is 9.90 Å². The number of fused-ring (bicyclic) bond motifs is 1. The van der Waals surface area contributed by atoms with Crippen molar-refractivity contribution in [1.82, 2.24) is 0 Å². The van der Waals surface area contributed by atoms with Crippen molar-refractivity contribution >= 4 is 5.78 Å². The number of Topliss-reactive ketones (excluding diaryl/α,β-unsaturated/α-hetero) is 1. The molecule has 2 heteroatoms. The number of hydrogen-bond donors (Lipinski definition) is 1. The van der Waals surface area contributed by atoms with Crippen LogP contribution in [0.15, 0.2) is 0 Å². The van der Waals surface area contributed by atoms with Crippen LogP contribution in [0.5, 0.6) is 0 Å². The van der Waals surface area contributed by atoms with Gasteiger partial charge in [0.1, 0.15) is 5.78 Å². The molecule has 2 nitrogen and oxygen atoms in total. The Morgan fingerprint density at radius 3 is 2.64 bits per heavy atom. The van der Waals surface area contributed by atoms with E-state index in [2.05, 4.69) is 6.92 Å². The van der Waals surface area contributed by atoms with Crippen LogP contribution in [-0.2, 0) is 4.79 Å². The summed E-state index contributed by atoms with van der Waals surface area (Å²) in [5.41, 5.74) is -0.709. The second kappa shape index (κ2) is 3.06. The third-order valence-corrected chi connectivity index (χ3v) is 4.70. The summed E-state index contributed by atoms with van der Waals surface area (Å²) in [4.78, 5) is 11.6. The quantitative estimate of drug-likeness (QED) is 0.645. The normalized spacial score (nSPS) is 48.8. The largest absolute Gasteiger partial charge is 0.389 e.